The van der Waals surface area contributed by atoms with Gasteiger partial charge in [-0.15, -0.1) is 0 Å². The van der Waals surface area contributed by atoms with Crippen LogP contribution in [-0.2, 0) is 30.2 Å². The van der Waals surface area contributed by atoms with Crippen LogP contribution in [0.3, 0.4) is 0 Å². The zero-order chi connectivity index (χ0) is 25.0. The molecule has 0 radical (unpaired) electrons. The summed E-state index contributed by atoms with van der Waals surface area (Å²) in [5.41, 5.74) is 0.452. The first-order valence-corrected chi connectivity index (χ1v) is 10.1. The number of benzene rings is 1. The fourth-order valence-corrected chi connectivity index (χ4v) is 3.15. The summed E-state index contributed by atoms with van der Waals surface area (Å²) in [5.74, 6) is -3.12. The van der Waals surface area contributed by atoms with E-state index in [9.17, 15) is 24.0 Å². The highest BCUT2D eigenvalue weighted by molar-refractivity contribution is 5.96. The molecule has 0 bridgehead atoms. The molecule has 3 rings (SSSR count). The molecule has 0 aliphatic rings. The van der Waals surface area contributed by atoms with Crippen molar-refractivity contribution in [2.75, 3.05) is 5.32 Å². The second-order valence-corrected chi connectivity index (χ2v) is 7.47. The van der Waals surface area contributed by atoms with Crippen molar-refractivity contribution in [3.63, 3.8) is 0 Å². The quantitative estimate of drug-likeness (QED) is 0.323. The molecule has 4 N–H and O–H groups in total. The number of nitrogens with zero attached hydrogens (tertiary/aromatic N) is 4. The van der Waals surface area contributed by atoms with E-state index in [1.54, 1.807) is 12.1 Å². The largest absolute Gasteiger partial charge is 0.481 e. The van der Waals surface area contributed by atoms with Crippen LogP contribution in [0.5, 0.6) is 0 Å². The Hall–Kier alpha value is -4.55. The Kier molecular flexibility index (Phi) is 7.04. The number of hydrogen-bond donors (Lipinski definition) is 4. The van der Waals surface area contributed by atoms with E-state index in [0.29, 0.717) is 11.4 Å². The standard InChI is InChI=1S/C21H22N6O7/c1-26-17-16(19(31)27(2)21(26)34)24-13(10-23-17)9-22-12-5-3-11(4-6-12)18(30)25-14(20(32)33)7-8-15(28)29/h3-6,10,14,22H,7-9H2,1-2H3,(H,25,30)(H,28,29)(H,32,33)/t14-/m1/s1. The summed E-state index contributed by atoms with van der Waals surface area (Å²) >= 11 is 0. The Labute approximate surface area is 191 Å². The number of carboxylic acids is 2. The van der Waals surface area contributed by atoms with Crippen LogP contribution >= 0.6 is 0 Å². The molecule has 0 unspecified atom stereocenters. The van der Waals surface area contributed by atoms with Crippen LogP contribution in [0, 0.1) is 0 Å². The number of carboxylic acid groups (broad SMARTS) is 2. The Morgan fingerprint density at radius 1 is 1.06 bits per heavy atom. The Morgan fingerprint density at radius 2 is 1.74 bits per heavy atom. The maximum atomic E-state index is 12.3. The fraction of sp³-hybridized carbons (Fsp3) is 0.286. The van der Waals surface area contributed by atoms with E-state index in [1.807, 2.05) is 0 Å². The lowest BCUT2D eigenvalue weighted by molar-refractivity contribution is -0.140. The molecule has 0 aliphatic carbocycles. The molecular weight excluding hydrogens is 448 g/mol. The summed E-state index contributed by atoms with van der Waals surface area (Å²) in [6.45, 7) is 0.205. The number of aryl methyl sites for hydroxylation is 1. The highest BCUT2D eigenvalue weighted by Gasteiger charge is 2.21. The maximum Gasteiger partial charge on any atom is 0.332 e. The lowest BCUT2D eigenvalue weighted by Gasteiger charge is -2.14. The van der Waals surface area contributed by atoms with Crippen LogP contribution < -0.4 is 21.9 Å². The molecular formula is C21H22N6O7. The van der Waals surface area contributed by atoms with Crippen molar-refractivity contribution in [3.05, 3.63) is 62.6 Å². The summed E-state index contributed by atoms with van der Waals surface area (Å²) in [7, 11) is 2.86. The lowest BCUT2D eigenvalue weighted by Crippen LogP contribution is -2.41. The van der Waals surface area contributed by atoms with Gasteiger partial charge in [-0.2, -0.15) is 0 Å². The normalized spacial score (nSPS) is 11.7. The SMILES string of the molecule is Cn1c(=O)c2nc(CNc3ccc(C(=O)N[C@H](CCC(=O)O)C(=O)O)cc3)cnc2n(C)c1=O. The van der Waals surface area contributed by atoms with E-state index in [1.165, 1.54) is 37.0 Å². The van der Waals surface area contributed by atoms with Gasteiger partial charge < -0.3 is 20.8 Å². The summed E-state index contributed by atoms with van der Waals surface area (Å²) in [5, 5.41) is 23.3. The van der Waals surface area contributed by atoms with E-state index < -0.39 is 35.1 Å². The predicted octanol–water partition coefficient (Wildman–Crippen LogP) is -0.313. The van der Waals surface area contributed by atoms with E-state index in [2.05, 4.69) is 20.6 Å². The number of amides is 1. The van der Waals surface area contributed by atoms with Gasteiger partial charge in [0, 0.05) is 31.8 Å². The molecule has 2 heterocycles. The van der Waals surface area contributed by atoms with Gasteiger partial charge in [-0.25, -0.2) is 19.6 Å². The number of anilines is 1. The summed E-state index contributed by atoms with van der Waals surface area (Å²) < 4.78 is 2.19. The van der Waals surface area contributed by atoms with E-state index in [-0.39, 0.29) is 36.1 Å². The topological polar surface area (TPSA) is 186 Å². The molecule has 1 amide bonds. The molecule has 1 aromatic carbocycles. The van der Waals surface area contributed by atoms with Crippen LogP contribution in [0.2, 0.25) is 0 Å². The zero-order valence-electron chi connectivity index (χ0n) is 18.3. The van der Waals surface area contributed by atoms with Crippen LogP contribution in [0.15, 0.2) is 40.1 Å². The molecule has 0 saturated heterocycles. The average Bonchev–Trinajstić information content (AvgIpc) is 2.82. The van der Waals surface area contributed by atoms with Gasteiger partial charge in [-0.3, -0.25) is 23.5 Å². The van der Waals surface area contributed by atoms with Gasteiger partial charge in [0.2, 0.25) is 0 Å². The average molecular weight is 470 g/mol. The lowest BCUT2D eigenvalue weighted by atomic mass is 10.1. The fourth-order valence-electron chi connectivity index (χ4n) is 3.15. The van der Waals surface area contributed by atoms with Crippen LogP contribution in [-0.4, -0.2) is 53.2 Å². The zero-order valence-corrected chi connectivity index (χ0v) is 18.3. The van der Waals surface area contributed by atoms with Gasteiger partial charge in [-0.1, -0.05) is 0 Å². The molecule has 13 heteroatoms. The molecule has 34 heavy (non-hydrogen) atoms. The third kappa shape index (κ3) is 5.26. The van der Waals surface area contributed by atoms with Crippen LogP contribution in [0.1, 0.15) is 28.9 Å². The van der Waals surface area contributed by atoms with Crippen LogP contribution in [0.4, 0.5) is 5.69 Å². The number of aromatic nitrogens is 4. The Morgan fingerprint density at radius 3 is 2.35 bits per heavy atom. The van der Waals surface area contributed by atoms with Crippen molar-refractivity contribution in [3.8, 4) is 0 Å². The smallest absolute Gasteiger partial charge is 0.332 e. The summed E-state index contributed by atoms with van der Waals surface area (Å²) in [6, 6.07) is 4.83. The van der Waals surface area contributed by atoms with Crippen molar-refractivity contribution >= 4 is 34.7 Å². The molecule has 178 valence electrons. The monoisotopic (exact) mass is 470 g/mol. The van der Waals surface area contributed by atoms with E-state index in [0.717, 1.165) is 4.57 Å². The van der Waals surface area contributed by atoms with Crippen molar-refractivity contribution in [2.45, 2.75) is 25.4 Å². The number of carbonyl (C=O) groups excluding carboxylic acids is 1. The first-order valence-electron chi connectivity index (χ1n) is 10.1. The number of fused-ring (bicyclic) bond motifs is 1. The highest BCUT2D eigenvalue weighted by Crippen LogP contribution is 2.12. The van der Waals surface area contributed by atoms with E-state index >= 15 is 0 Å². The van der Waals surface area contributed by atoms with Crippen molar-refractivity contribution in [2.24, 2.45) is 14.1 Å². The van der Waals surface area contributed by atoms with Crippen molar-refractivity contribution in [1.82, 2.24) is 24.4 Å². The molecule has 0 spiro atoms. The molecule has 1 atom stereocenters. The maximum absolute atomic E-state index is 12.3. The third-order valence-corrected chi connectivity index (χ3v) is 5.07. The second-order valence-electron chi connectivity index (χ2n) is 7.47. The van der Waals surface area contributed by atoms with Gasteiger partial charge in [0.1, 0.15) is 6.04 Å². The molecule has 3 aromatic rings. The van der Waals surface area contributed by atoms with Gasteiger partial charge in [0.15, 0.2) is 11.2 Å². The second kappa shape index (κ2) is 9.94. The highest BCUT2D eigenvalue weighted by atomic mass is 16.4. The van der Waals surface area contributed by atoms with Crippen molar-refractivity contribution in [1.29, 1.82) is 0 Å². The minimum absolute atomic E-state index is 0.0619. The van der Waals surface area contributed by atoms with E-state index in [4.69, 9.17) is 10.2 Å². The third-order valence-electron chi connectivity index (χ3n) is 5.07. The van der Waals surface area contributed by atoms with Crippen LogP contribution in [0.25, 0.3) is 11.2 Å². The first-order chi connectivity index (χ1) is 16.1. The number of carbonyl (C=O) groups is 3. The van der Waals surface area contributed by atoms with Crippen molar-refractivity contribution < 1.29 is 24.6 Å². The van der Waals surface area contributed by atoms with Gasteiger partial charge in [0.05, 0.1) is 18.4 Å². The minimum atomic E-state index is -1.32. The number of hydrogen-bond acceptors (Lipinski definition) is 8. The van der Waals surface area contributed by atoms with Gasteiger partial charge in [0.25, 0.3) is 11.5 Å². The Balaban J connectivity index is 1.68. The summed E-state index contributed by atoms with van der Waals surface area (Å²) in [6.07, 6.45) is 0.819. The number of aliphatic carboxylic acids is 2. The minimum Gasteiger partial charge on any atom is -0.481 e. The first kappa shape index (κ1) is 24.1. The van der Waals surface area contributed by atoms with Gasteiger partial charge >= 0.3 is 17.6 Å². The predicted molar refractivity (Wildman–Crippen MR) is 120 cm³/mol. The number of rotatable bonds is 9. The molecule has 2 aromatic heterocycles. The Bertz CT molecular complexity index is 1380. The van der Waals surface area contributed by atoms with Gasteiger partial charge in [-0.05, 0) is 30.7 Å². The number of nitrogens with one attached hydrogen (secondary N) is 2. The summed E-state index contributed by atoms with van der Waals surface area (Å²) in [4.78, 5) is 67.0. The molecule has 0 saturated carbocycles. The molecule has 0 aliphatic heterocycles. The molecule has 0 fully saturated rings. The molecule has 13 nitrogen and oxygen atoms in total.